The van der Waals surface area contributed by atoms with Gasteiger partial charge in [0.25, 0.3) is 0 Å². The minimum atomic E-state index is 0.0481. The zero-order valence-electron chi connectivity index (χ0n) is 17.6. The zero-order chi connectivity index (χ0) is 21.1. The van der Waals surface area contributed by atoms with Crippen LogP contribution in [-0.4, -0.2) is 61.8 Å². The molecule has 3 aromatic rings. The summed E-state index contributed by atoms with van der Waals surface area (Å²) >= 11 is 0. The Morgan fingerprint density at radius 2 is 1.70 bits per heavy atom. The highest BCUT2D eigenvalue weighted by Crippen LogP contribution is 2.26. The lowest BCUT2D eigenvalue weighted by Gasteiger charge is -2.45. The van der Waals surface area contributed by atoms with E-state index in [1.54, 1.807) is 6.20 Å². The van der Waals surface area contributed by atoms with Crippen LogP contribution in [0.4, 0.5) is 11.8 Å². The summed E-state index contributed by atoms with van der Waals surface area (Å²) in [6, 6.07) is 12.3. The van der Waals surface area contributed by atoms with Crippen LogP contribution in [0.15, 0.2) is 42.6 Å². The molecule has 8 heteroatoms. The predicted molar refractivity (Wildman–Crippen MR) is 116 cm³/mol. The van der Waals surface area contributed by atoms with E-state index in [1.165, 1.54) is 0 Å². The fourth-order valence-electron chi connectivity index (χ4n) is 3.99. The number of aliphatic hydroxyl groups is 1. The molecule has 4 rings (SSSR count). The van der Waals surface area contributed by atoms with Gasteiger partial charge in [-0.15, -0.1) is 0 Å². The Hall–Kier alpha value is -3.13. The summed E-state index contributed by atoms with van der Waals surface area (Å²) in [5.41, 5.74) is 0.987. The van der Waals surface area contributed by atoms with Gasteiger partial charge in [0.05, 0.1) is 6.61 Å². The van der Waals surface area contributed by atoms with E-state index in [4.69, 9.17) is 4.98 Å². The second-order valence-electron chi connectivity index (χ2n) is 7.69. The first kappa shape index (κ1) is 20.2. The third-order valence-electron chi connectivity index (χ3n) is 5.27. The van der Waals surface area contributed by atoms with Crippen LogP contribution in [-0.2, 0) is 6.42 Å². The fourth-order valence-corrected chi connectivity index (χ4v) is 3.99. The molecule has 0 bridgehead atoms. The molecule has 2 aromatic heterocycles. The van der Waals surface area contributed by atoms with Crippen molar-refractivity contribution in [3.8, 4) is 11.4 Å². The standard InChI is InChI=1S/C22H27N7O/c1-15-13-28(20-9-11-23-19(26-20)10-12-30)14-16(2)29(15)22-25-17(3)24-21(27-22)18-7-5-4-6-8-18/h4-9,11,15-16,30H,10,12-14H2,1-3H3/t15-,16+. The first-order valence-corrected chi connectivity index (χ1v) is 10.3. The highest BCUT2D eigenvalue weighted by molar-refractivity contribution is 5.56. The van der Waals surface area contributed by atoms with Crippen molar-refractivity contribution in [3.63, 3.8) is 0 Å². The van der Waals surface area contributed by atoms with Crippen LogP contribution in [0.2, 0.25) is 0 Å². The summed E-state index contributed by atoms with van der Waals surface area (Å²) < 4.78 is 0. The van der Waals surface area contributed by atoms with E-state index in [9.17, 15) is 5.11 Å². The van der Waals surface area contributed by atoms with Gasteiger partial charge in [0.2, 0.25) is 5.95 Å². The average molecular weight is 406 g/mol. The van der Waals surface area contributed by atoms with E-state index >= 15 is 0 Å². The van der Waals surface area contributed by atoms with Crippen molar-refractivity contribution < 1.29 is 5.11 Å². The van der Waals surface area contributed by atoms with Crippen LogP contribution in [0.5, 0.6) is 0 Å². The van der Waals surface area contributed by atoms with Crippen molar-refractivity contribution in [1.29, 1.82) is 0 Å². The smallest absolute Gasteiger partial charge is 0.229 e. The first-order valence-electron chi connectivity index (χ1n) is 10.3. The monoisotopic (exact) mass is 405 g/mol. The molecule has 1 aromatic carbocycles. The fraction of sp³-hybridized carbons (Fsp3) is 0.409. The molecule has 0 amide bonds. The predicted octanol–water partition coefficient (Wildman–Crippen LogP) is 2.28. The molecule has 156 valence electrons. The Morgan fingerprint density at radius 1 is 0.967 bits per heavy atom. The molecule has 8 nitrogen and oxygen atoms in total. The number of anilines is 2. The Morgan fingerprint density at radius 3 is 2.40 bits per heavy atom. The maximum Gasteiger partial charge on any atom is 0.229 e. The van der Waals surface area contributed by atoms with Gasteiger partial charge in [-0.3, -0.25) is 0 Å². The van der Waals surface area contributed by atoms with Crippen LogP contribution in [0, 0.1) is 6.92 Å². The summed E-state index contributed by atoms with van der Waals surface area (Å²) in [4.78, 5) is 27.4. The zero-order valence-corrected chi connectivity index (χ0v) is 17.6. The van der Waals surface area contributed by atoms with Gasteiger partial charge in [0.1, 0.15) is 17.5 Å². The minimum absolute atomic E-state index is 0.0481. The minimum Gasteiger partial charge on any atom is -0.396 e. The molecule has 0 spiro atoms. The number of aromatic nitrogens is 5. The van der Waals surface area contributed by atoms with Gasteiger partial charge in [-0.2, -0.15) is 9.97 Å². The number of rotatable bonds is 5. The first-order chi connectivity index (χ1) is 14.5. The third-order valence-corrected chi connectivity index (χ3v) is 5.27. The summed E-state index contributed by atoms with van der Waals surface area (Å²) in [6.07, 6.45) is 2.22. The van der Waals surface area contributed by atoms with Crippen molar-refractivity contribution >= 4 is 11.8 Å². The third kappa shape index (κ3) is 4.23. The average Bonchev–Trinajstić information content (AvgIpc) is 2.74. The number of hydrogen-bond donors (Lipinski definition) is 1. The Kier molecular flexibility index (Phi) is 5.85. The van der Waals surface area contributed by atoms with Crippen molar-refractivity contribution in [2.24, 2.45) is 0 Å². The normalized spacial score (nSPS) is 19.2. The Balaban J connectivity index is 1.59. The second kappa shape index (κ2) is 8.71. The van der Waals surface area contributed by atoms with Crippen molar-refractivity contribution in [3.05, 3.63) is 54.2 Å². The molecular weight excluding hydrogens is 378 g/mol. The van der Waals surface area contributed by atoms with Crippen LogP contribution in [0.3, 0.4) is 0 Å². The van der Waals surface area contributed by atoms with Crippen LogP contribution in [0.1, 0.15) is 25.5 Å². The van der Waals surface area contributed by atoms with Gasteiger partial charge in [-0.1, -0.05) is 30.3 Å². The molecule has 0 aliphatic carbocycles. The second-order valence-corrected chi connectivity index (χ2v) is 7.69. The Bertz CT molecular complexity index is 986. The van der Waals surface area contributed by atoms with E-state index in [0.717, 1.165) is 24.5 Å². The molecule has 30 heavy (non-hydrogen) atoms. The van der Waals surface area contributed by atoms with E-state index < -0.39 is 0 Å². The number of piperazine rings is 1. The van der Waals surface area contributed by atoms with E-state index in [2.05, 4.69) is 43.6 Å². The van der Waals surface area contributed by atoms with E-state index in [0.29, 0.717) is 29.8 Å². The number of aryl methyl sites for hydroxylation is 1. The maximum atomic E-state index is 9.17. The van der Waals surface area contributed by atoms with E-state index in [-0.39, 0.29) is 18.7 Å². The number of hydrogen-bond acceptors (Lipinski definition) is 8. The van der Waals surface area contributed by atoms with Gasteiger partial charge in [-0.25, -0.2) is 15.0 Å². The Labute approximate surface area is 176 Å². The topological polar surface area (TPSA) is 91.2 Å². The van der Waals surface area contributed by atoms with Crippen LogP contribution < -0.4 is 9.80 Å². The highest BCUT2D eigenvalue weighted by Gasteiger charge is 2.32. The molecule has 0 radical (unpaired) electrons. The van der Waals surface area contributed by atoms with Gasteiger partial charge < -0.3 is 14.9 Å². The number of benzene rings is 1. The quantitative estimate of drug-likeness (QED) is 0.691. The van der Waals surface area contributed by atoms with Gasteiger partial charge >= 0.3 is 0 Å². The summed E-state index contributed by atoms with van der Waals surface area (Å²) in [5.74, 6) is 3.68. The molecule has 0 unspecified atom stereocenters. The van der Waals surface area contributed by atoms with Crippen LogP contribution >= 0.6 is 0 Å². The molecule has 1 N–H and O–H groups in total. The SMILES string of the molecule is Cc1nc(-c2ccccc2)nc(N2[C@H](C)CN(c3ccnc(CCO)n3)C[C@@H]2C)n1. The van der Waals surface area contributed by atoms with Crippen molar-refractivity contribution in [2.45, 2.75) is 39.3 Å². The number of nitrogens with zero attached hydrogens (tertiary/aromatic N) is 7. The molecule has 1 aliphatic heterocycles. The van der Waals surface area contributed by atoms with Crippen molar-refractivity contribution in [2.75, 3.05) is 29.5 Å². The largest absolute Gasteiger partial charge is 0.396 e. The van der Waals surface area contributed by atoms with Gasteiger partial charge in [0, 0.05) is 43.4 Å². The summed E-state index contributed by atoms with van der Waals surface area (Å²) in [5, 5.41) is 9.17. The summed E-state index contributed by atoms with van der Waals surface area (Å²) in [7, 11) is 0. The molecule has 0 saturated carbocycles. The molecule has 3 heterocycles. The molecule has 1 fully saturated rings. The lowest BCUT2D eigenvalue weighted by atomic mass is 10.1. The molecule has 1 aliphatic rings. The number of aliphatic hydroxyl groups excluding tert-OH is 1. The lowest BCUT2D eigenvalue weighted by Crippen LogP contribution is -2.58. The van der Waals surface area contributed by atoms with Crippen molar-refractivity contribution in [1.82, 2.24) is 24.9 Å². The van der Waals surface area contributed by atoms with E-state index in [1.807, 2.05) is 43.3 Å². The summed E-state index contributed by atoms with van der Waals surface area (Å²) in [6.45, 7) is 7.91. The maximum absolute atomic E-state index is 9.17. The molecular formula is C22H27N7O. The van der Waals surface area contributed by atoms with Crippen LogP contribution in [0.25, 0.3) is 11.4 Å². The molecule has 1 saturated heterocycles. The van der Waals surface area contributed by atoms with Gasteiger partial charge in [0.15, 0.2) is 5.82 Å². The van der Waals surface area contributed by atoms with Gasteiger partial charge in [-0.05, 0) is 26.8 Å². The lowest BCUT2D eigenvalue weighted by molar-refractivity contribution is 0.296. The molecule has 2 atom stereocenters. The highest BCUT2D eigenvalue weighted by atomic mass is 16.3.